The van der Waals surface area contributed by atoms with Gasteiger partial charge in [-0.15, -0.1) is 0 Å². The van der Waals surface area contributed by atoms with Crippen molar-refractivity contribution in [2.75, 3.05) is 0 Å². The Labute approximate surface area is 109 Å². The van der Waals surface area contributed by atoms with E-state index in [9.17, 15) is 5.11 Å². The molecule has 0 spiro atoms. The molecule has 0 aromatic heterocycles. The second-order valence-electron chi connectivity index (χ2n) is 5.51. The number of hydrogen-bond acceptors (Lipinski definition) is 1. The van der Waals surface area contributed by atoms with Crippen LogP contribution in [0.5, 0.6) is 0 Å². The van der Waals surface area contributed by atoms with Crippen LogP contribution in [0.2, 0.25) is 0 Å². The van der Waals surface area contributed by atoms with Crippen molar-refractivity contribution < 1.29 is 5.11 Å². The molecule has 0 radical (unpaired) electrons. The molecule has 0 atom stereocenters. The topological polar surface area (TPSA) is 20.2 Å². The quantitative estimate of drug-likeness (QED) is 0.834. The molecule has 2 rings (SSSR count). The third-order valence-electron chi connectivity index (χ3n) is 3.17. The number of benzene rings is 2. The van der Waals surface area contributed by atoms with Crippen LogP contribution in [0.4, 0.5) is 0 Å². The molecule has 0 unspecified atom stereocenters. The molecule has 1 heteroatoms. The molecule has 0 heterocycles. The first-order valence-corrected chi connectivity index (χ1v) is 6.28. The van der Waals surface area contributed by atoms with Crippen LogP contribution in [-0.2, 0) is 5.60 Å². The Kier molecular flexibility index (Phi) is 3.27. The molecule has 1 N–H and O–H groups in total. The first-order valence-electron chi connectivity index (χ1n) is 6.28. The van der Waals surface area contributed by atoms with Crippen molar-refractivity contribution in [2.45, 2.75) is 33.3 Å². The number of hydrogen-bond donors (Lipinski definition) is 1. The van der Waals surface area contributed by atoms with Gasteiger partial charge in [-0.2, -0.15) is 0 Å². The number of rotatable bonds is 2. The van der Waals surface area contributed by atoms with Crippen molar-refractivity contribution in [3.63, 3.8) is 0 Å². The van der Waals surface area contributed by atoms with Crippen LogP contribution < -0.4 is 0 Å². The highest BCUT2D eigenvalue weighted by atomic mass is 16.3. The van der Waals surface area contributed by atoms with Crippen molar-refractivity contribution in [2.24, 2.45) is 0 Å². The van der Waals surface area contributed by atoms with Gasteiger partial charge in [0.25, 0.3) is 0 Å². The summed E-state index contributed by atoms with van der Waals surface area (Å²) in [4.78, 5) is 0. The highest BCUT2D eigenvalue weighted by molar-refractivity contribution is 5.65. The molecule has 18 heavy (non-hydrogen) atoms. The minimum absolute atomic E-state index is 0.800. The Hall–Kier alpha value is -1.60. The third kappa shape index (κ3) is 2.80. The average Bonchev–Trinajstić information content (AvgIpc) is 2.28. The molecule has 0 aliphatic carbocycles. The molecule has 0 aliphatic rings. The summed E-state index contributed by atoms with van der Waals surface area (Å²) < 4.78 is 0. The van der Waals surface area contributed by atoms with E-state index >= 15 is 0 Å². The summed E-state index contributed by atoms with van der Waals surface area (Å²) >= 11 is 0. The molecule has 2 aromatic rings. The van der Waals surface area contributed by atoms with E-state index in [2.05, 4.69) is 50.2 Å². The van der Waals surface area contributed by atoms with Crippen LogP contribution in [0.1, 0.15) is 30.5 Å². The summed E-state index contributed by atoms with van der Waals surface area (Å²) in [6, 6.07) is 14.7. The summed E-state index contributed by atoms with van der Waals surface area (Å²) in [7, 11) is 0. The lowest BCUT2D eigenvalue weighted by Crippen LogP contribution is -2.15. The molecule has 0 bridgehead atoms. The van der Waals surface area contributed by atoms with Crippen LogP contribution in [0.25, 0.3) is 11.1 Å². The average molecular weight is 240 g/mol. The predicted octanol–water partition coefficient (Wildman–Crippen LogP) is 4.20. The summed E-state index contributed by atoms with van der Waals surface area (Å²) in [6.07, 6.45) is 0. The lowest BCUT2D eigenvalue weighted by Gasteiger charge is -2.19. The van der Waals surface area contributed by atoms with E-state index in [1.165, 1.54) is 16.7 Å². The van der Waals surface area contributed by atoms with Crippen LogP contribution in [0, 0.1) is 13.8 Å². The van der Waals surface area contributed by atoms with E-state index in [1.807, 2.05) is 19.9 Å². The molecular weight excluding hydrogens is 220 g/mol. The lowest BCUT2D eigenvalue weighted by atomic mass is 9.92. The fourth-order valence-electron chi connectivity index (χ4n) is 2.05. The second kappa shape index (κ2) is 4.58. The summed E-state index contributed by atoms with van der Waals surface area (Å²) in [5.41, 5.74) is 4.94. The van der Waals surface area contributed by atoms with Gasteiger partial charge in [0.1, 0.15) is 0 Å². The Bertz CT molecular complexity index is 545. The largest absolute Gasteiger partial charge is 0.386 e. The van der Waals surface area contributed by atoms with E-state index < -0.39 is 5.60 Å². The molecule has 0 fully saturated rings. The van der Waals surface area contributed by atoms with Gasteiger partial charge in [0, 0.05) is 0 Å². The van der Waals surface area contributed by atoms with Gasteiger partial charge in [0.2, 0.25) is 0 Å². The fraction of sp³-hybridized carbons (Fsp3) is 0.294. The first kappa shape index (κ1) is 12.8. The van der Waals surface area contributed by atoms with Crippen LogP contribution in [-0.4, -0.2) is 5.11 Å². The first-order chi connectivity index (χ1) is 8.36. The van der Waals surface area contributed by atoms with Gasteiger partial charge in [-0.05, 0) is 50.5 Å². The van der Waals surface area contributed by atoms with Crippen LogP contribution in [0.3, 0.4) is 0 Å². The number of aliphatic hydroxyl groups is 1. The van der Waals surface area contributed by atoms with E-state index in [1.54, 1.807) is 0 Å². The van der Waals surface area contributed by atoms with Crippen molar-refractivity contribution in [3.05, 3.63) is 59.2 Å². The maximum atomic E-state index is 10.1. The fourth-order valence-corrected chi connectivity index (χ4v) is 2.05. The Balaban J connectivity index is 2.52. The van der Waals surface area contributed by atoms with Crippen molar-refractivity contribution in [1.29, 1.82) is 0 Å². The molecule has 94 valence electrons. The smallest absolute Gasteiger partial charge is 0.0840 e. The maximum absolute atomic E-state index is 10.1. The molecular formula is C17H20O. The SMILES string of the molecule is Cc1ccc(-c2cc(C)cc(C(C)(C)O)c2)cc1. The Morgan fingerprint density at radius 1 is 0.778 bits per heavy atom. The third-order valence-corrected chi connectivity index (χ3v) is 3.17. The number of aryl methyl sites for hydroxylation is 2. The van der Waals surface area contributed by atoms with Crippen molar-refractivity contribution >= 4 is 0 Å². The van der Waals surface area contributed by atoms with Crippen LogP contribution in [0.15, 0.2) is 42.5 Å². The molecule has 0 saturated carbocycles. The summed E-state index contributed by atoms with van der Waals surface area (Å²) in [5, 5.41) is 10.1. The van der Waals surface area contributed by atoms with Gasteiger partial charge < -0.3 is 5.11 Å². The summed E-state index contributed by atoms with van der Waals surface area (Å²) in [6.45, 7) is 7.79. The van der Waals surface area contributed by atoms with Crippen LogP contribution >= 0.6 is 0 Å². The van der Waals surface area contributed by atoms with Gasteiger partial charge >= 0.3 is 0 Å². The minimum Gasteiger partial charge on any atom is -0.386 e. The zero-order valence-corrected chi connectivity index (χ0v) is 11.5. The summed E-state index contributed by atoms with van der Waals surface area (Å²) in [5.74, 6) is 0. The molecule has 0 saturated heterocycles. The minimum atomic E-state index is -0.800. The maximum Gasteiger partial charge on any atom is 0.0840 e. The van der Waals surface area contributed by atoms with Gasteiger partial charge in [0.05, 0.1) is 5.60 Å². The monoisotopic (exact) mass is 240 g/mol. The van der Waals surface area contributed by atoms with Gasteiger partial charge in [-0.25, -0.2) is 0 Å². The molecule has 0 aliphatic heterocycles. The zero-order valence-electron chi connectivity index (χ0n) is 11.5. The Morgan fingerprint density at radius 2 is 1.39 bits per heavy atom. The van der Waals surface area contributed by atoms with Gasteiger partial charge in [-0.3, -0.25) is 0 Å². The standard InChI is InChI=1S/C17H20O/c1-12-5-7-14(8-6-12)15-9-13(2)10-16(11-15)17(3,4)18/h5-11,18H,1-4H3. The molecule has 2 aromatic carbocycles. The highest BCUT2D eigenvalue weighted by Crippen LogP contribution is 2.28. The van der Waals surface area contributed by atoms with Gasteiger partial charge in [0.15, 0.2) is 0 Å². The normalized spacial score (nSPS) is 11.6. The zero-order chi connectivity index (χ0) is 13.3. The van der Waals surface area contributed by atoms with E-state index in [4.69, 9.17) is 0 Å². The predicted molar refractivity (Wildman–Crippen MR) is 76.6 cm³/mol. The van der Waals surface area contributed by atoms with Crippen molar-refractivity contribution in [1.82, 2.24) is 0 Å². The van der Waals surface area contributed by atoms with Gasteiger partial charge in [-0.1, -0.05) is 47.5 Å². The van der Waals surface area contributed by atoms with E-state index in [-0.39, 0.29) is 0 Å². The molecule has 1 nitrogen and oxygen atoms in total. The highest BCUT2D eigenvalue weighted by Gasteiger charge is 2.17. The van der Waals surface area contributed by atoms with E-state index in [0.717, 1.165) is 11.1 Å². The lowest BCUT2D eigenvalue weighted by molar-refractivity contribution is 0.0786. The molecule has 0 amide bonds. The van der Waals surface area contributed by atoms with Crippen molar-refractivity contribution in [3.8, 4) is 11.1 Å². The Morgan fingerprint density at radius 3 is 1.94 bits per heavy atom. The van der Waals surface area contributed by atoms with E-state index in [0.29, 0.717) is 0 Å². The second-order valence-corrected chi connectivity index (χ2v) is 5.51.